The molecular formula is C29H26ClNO. The van der Waals surface area contributed by atoms with Crippen molar-refractivity contribution in [2.24, 2.45) is 0 Å². The maximum Gasteiger partial charge on any atom is 0.0793 e. The second-order valence-electron chi connectivity index (χ2n) is 8.07. The Morgan fingerprint density at radius 2 is 1.81 bits per heavy atom. The molecule has 1 heterocycles. The number of fused-ring (bicyclic) bond motifs is 1. The largest absolute Gasteiger partial charge is 0.388 e. The van der Waals surface area contributed by atoms with Crippen LogP contribution in [0.3, 0.4) is 0 Å². The van der Waals surface area contributed by atoms with Gasteiger partial charge in [0, 0.05) is 10.4 Å². The van der Waals surface area contributed by atoms with Crippen molar-refractivity contribution < 1.29 is 5.11 Å². The summed E-state index contributed by atoms with van der Waals surface area (Å²) in [6.07, 6.45) is 4.93. The minimum atomic E-state index is -0.525. The molecule has 0 amide bonds. The first-order valence-corrected chi connectivity index (χ1v) is 11.1. The van der Waals surface area contributed by atoms with Crippen molar-refractivity contribution in [3.63, 3.8) is 0 Å². The molecule has 32 heavy (non-hydrogen) atoms. The summed E-state index contributed by atoms with van der Waals surface area (Å²) in [7, 11) is 0. The first-order chi connectivity index (χ1) is 15.5. The maximum atomic E-state index is 10.8. The molecule has 3 aromatic carbocycles. The van der Waals surface area contributed by atoms with Crippen molar-refractivity contribution in [2.45, 2.75) is 25.9 Å². The SMILES string of the molecule is C=C(C)c1ccccc1CC[C@H](O)c1cccc(/C=C/c2ccc3ccc(Cl)cc3n2)c1. The van der Waals surface area contributed by atoms with E-state index in [0.717, 1.165) is 39.7 Å². The molecule has 0 fully saturated rings. The second-order valence-corrected chi connectivity index (χ2v) is 8.50. The predicted octanol–water partition coefficient (Wildman–Crippen LogP) is 7.76. The van der Waals surface area contributed by atoms with Gasteiger partial charge in [-0.1, -0.05) is 84.4 Å². The Kier molecular flexibility index (Phi) is 6.84. The van der Waals surface area contributed by atoms with Crippen LogP contribution in [0.1, 0.15) is 47.4 Å². The van der Waals surface area contributed by atoms with Crippen LogP contribution in [0.2, 0.25) is 5.02 Å². The minimum Gasteiger partial charge on any atom is -0.388 e. The van der Waals surface area contributed by atoms with Crippen molar-refractivity contribution in [1.82, 2.24) is 4.98 Å². The van der Waals surface area contributed by atoms with E-state index in [0.29, 0.717) is 11.4 Å². The van der Waals surface area contributed by atoms with Crippen molar-refractivity contribution in [3.05, 3.63) is 118 Å². The number of hydrogen-bond acceptors (Lipinski definition) is 2. The van der Waals surface area contributed by atoms with Crippen LogP contribution >= 0.6 is 11.6 Å². The topological polar surface area (TPSA) is 33.1 Å². The summed E-state index contributed by atoms with van der Waals surface area (Å²) < 4.78 is 0. The van der Waals surface area contributed by atoms with Gasteiger partial charge in [-0.3, -0.25) is 0 Å². The summed E-state index contributed by atoms with van der Waals surface area (Å²) in [4.78, 5) is 4.67. The van der Waals surface area contributed by atoms with E-state index < -0.39 is 6.10 Å². The second kappa shape index (κ2) is 9.95. The van der Waals surface area contributed by atoms with Crippen LogP contribution < -0.4 is 0 Å². The lowest BCUT2D eigenvalue weighted by atomic mass is 9.95. The lowest BCUT2D eigenvalue weighted by Gasteiger charge is -2.14. The van der Waals surface area contributed by atoms with Crippen LogP contribution in [0.25, 0.3) is 28.6 Å². The van der Waals surface area contributed by atoms with E-state index in [-0.39, 0.29) is 0 Å². The molecule has 0 saturated heterocycles. The third kappa shape index (κ3) is 5.34. The summed E-state index contributed by atoms with van der Waals surface area (Å²) in [5.41, 5.74) is 7.11. The van der Waals surface area contributed by atoms with E-state index in [1.165, 1.54) is 11.1 Å². The van der Waals surface area contributed by atoms with Gasteiger partial charge in [0.2, 0.25) is 0 Å². The predicted molar refractivity (Wildman–Crippen MR) is 137 cm³/mol. The highest BCUT2D eigenvalue weighted by molar-refractivity contribution is 6.31. The molecular weight excluding hydrogens is 414 g/mol. The summed E-state index contributed by atoms with van der Waals surface area (Å²) in [6.45, 7) is 6.09. The average molecular weight is 440 g/mol. The smallest absolute Gasteiger partial charge is 0.0793 e. The van der Waals surface area contributed by atoms with E-state index in [4.69, 9.17) is 11.6 Å². The number of aryl methyl sites for hydroxylation is 1. The molecule has 4 rings (SSSR count). The lowest BCUT2D eigenvalue weighted by molar-refractivity contribution is 0.168. The van der Waals surface area contributed by atoms with Gasteiger partial charge in [0.05, 0.1) is 17.3 Å². The zero-order chi connectivity index (χ0) is 22.5. The number of allylic oxidation sites excluding steroid dienone is 1. The Bertz CT molecular complexity index is 1290. The van der Waals surface area contributed by atoms with Crippen LogP contribution in [0, 0.1) is 0 Å². The van der Waals surface area contributed by atoms with Crippen molar-refractivity contribution >= 4 is 40.2 Å². The van der Waals surface area contributed by atoms with Crippen molar-refractivity contribution in [3.8, 4) is 0 Å². The van der Waals surface area contributed by atoms with E-state index in [9.17, 15) is 5.11 Å². The normalized spacial score (nSPS) is 12.3. The Morgan fingerprint density at radius 1 is 1.00 bits per heavy atom. The molecule has 160 valence electrons. The molecule has 1 aromatic heterocycles. The summed E-state index contributed by atoms with van der Waals surface area (Å²) in [5.74, 6) is 0. The number of aromatic nitrogens is 1. The molecule has 0 unspecified atom stereocenters. The number of hydrogen-bond donors (Lipinski definition) is 1. The maximum absolute atomic E-state index is 10.8. The van der Waals surface area contributed by atoms with Gasteiger partial charge in [-0.15, -0.1) is 0 Å². The summed E-state index contributed by atoms with van der Waals surface area (Å²) in [5, 5.41) is 12.5. The number of nitrogens with zero attached hydrogens (tertiary/aromatic N) is 1. The first-order valence-electron chi connectivity index (χ1n) is 10.8. The highest BCUT2D eigenvalue weighted by atomic mass is 35.5. The molecule has 0 radical (unpaired) electrons. The Hall–Kier alpha value is -3.20. The molecule has 0 aliphatic carbocycles. The number of rotatable bonds is 7. The average Bonchev–Trinajstić information content (AvgIpc) is 2.81. The molecule has 0 spiro atoms. The van der Waals surface area contributed by atoms with Gasteiger partial charge in [0.1, 0.15) is 0 Å². The van der Waals surface area contributed by atoms with E-state index in [2.05, 4.69) is 23.7 Å². The molecule has 4 aromatic rings. The molecule has 1 atom stereocenters. The number of aliphatic hydroxyl groups excluding tert-OH is 1. The highest BCUT2D eigenvalue weighted by Crippen LogP contribution is 2.25. The number of halogens is 1. The zero-order valence-electron chi connectivity index (χ0n) is 18.1. The molecule has 1 N–H and O–H groups in total. The quantitative estimate of drug-likeness (QED) is 0.319. The van der Waals surface area contributed by atoms with Crippen molar-refractivity contribution in [1.29, 1.82) is 0 Å². The van der Waals surface area contributed by atoms with Crippen molar-refractivity contribution in [2.75, 3.05) is 0 Å². The zero-order valence-corrected chi connectivity index (χ0v) is 18.9. The fourth-order valence-electron chi connectivity index (χ4n) is 3.86. The van der Waals surface area contributed by atoms with E-state index in [1.54, 1.807) is 0 Å². The van der Waals surface area contributed by atoms with Crippen LogP contribution in [-0.4, -0.2) is 10.1 Å². The first kappa shape index (κ1) is 22.0. The fourth-order valence-corrected chi connectivity index (χ4v) is 4.03. The third-order valence-corrected chi connectivity index (χ3v) is 5.82. The molecule has 0 aliphatic rings. The van der Waals surface area contributed by atoms with E-state index >= 15 is 0 Å². The third-order valence-electron chi connectivity index (χ3n) is 5.58. The molecule has 0 bridgehead atoms. The molecule has 0 saturated carbocycles. The number of pyridine rings is 1. The standard InChI is InChI=1S/C29H26ClNO/c1-20(2)27-9-4-3-7-22(27)13-17-29(32)24-8-5-6-21(18-24)10-15-26-16-12-23-11-14-25(30)19-28(23)31-26/h3-12,14-16,18-19,29,32H,1,13,17H2,2H3/b15-10+/t29-/m0/s1. The fraction of sp³-hybridized carbons (Fsp3) is 0.138. The van der Waals surface area contributed by atoms with Crippen LogP contribution in [0.4, 0.5) is 0 Å². The Morgan fingerprint density at radius 3 is 2.66 bits per heavy atom. The monoisotopic (exact) mass is 439 g/mol. The molecule has 3 heteroatoms. The number of aliphatic hydroxyl groups is 1. The minimum absolute atomic E-state index is 0.525. The number of benzene rings is 3. The van der Waals surface area contributed by atoms with Gasteiger partial charge in [-0.2, -0.15) is 0 Å². The van der Waals surface area contributed by atoms with Gasteiger partial charge < -0.3 is 5.11 Å². The Balaban J connectivity index is 1.47. The van der Waals surface area contributed by atoms with Gasteiger partial charge in [-0.05, 0) is 72.4 Å². The summed E-state index contributed by atoms with van der Waals surface area (Å²) >= 11 is 6.09. The molecule has 2 nitrogen and oxygen atoms in total. The van der Waals surface area contributed by atoms with Crippen LogP contribution in [0.15, 0.2) is 85.4 Å². The van der Waals surface area contributed by atoms with Gasteiger partial charge in [0.15, 0.2) is 0 Å². The Labute approximate surface area is 194 Å². The molecule has 0 aliphatic heterocycles. The van der Waals surface area contributed by atoms with Crippen LogP contribution in [-0.2, 0) is 6.42 Å². The van der Waals surface area contributed by atoms with E-state index in [1.807, 2.05) is 85.8 Å². The lowest BCUT2D eigenvalue weighted by Crippen LogP contribution is -2.01. The van der Waals surface area contributed by atoms with Gasteiger partial charge >= 0.3 is 0 Å². The summed E-state index contributed by atoms with van der Waals surface area (Å²) in [6, 6.07) is 26.0. The van der Waals surface area contributed by atoms with Crippen LogP contribution in [0.5, 0.6) is 0 Å². The van der Waals surface area contributed by atoms with Gasteiger partial charge in [-0.25, -0.2) is 4.98 Å². The highest BCUT2D eigenvalue weighted by Gasteiger charge is 2.10. The van der Waals surface area contributed by atoms with Gasteiger partial charge in [0.25, 0.3) is 0 Å².